The van der Waals surface area contributed by atoms with E-state index in [9.17, 15) is 4.79 Å². The lowest BCUT2D eigenvalue weighted by molar-refractivity contribution is -0.121. The summed E-state index contributed by atoms with van der Waals surface area (Å²) in [5.41, 5.74) is 2.95. The van der Waals surface area contributed by atoms with E-state index in [1.54, 1.807) is 10.6 Å². The van der Waals surface area contributed by atoms with E-state index in [4.69, 9.17) is 4.74 Å². The van der Waals surface area contributed by atoms with Crippen molar-refractivity contribution >= 4 is 22.5 Å². The van der Waals surface area contributed by atoms with Crippen molar-refractivity contribution in [1.82, 2.24) is 30.1 Å². The molecule has 1 amide bonds. The molecule has 0 atom stereocenters. The molecule has 0 aliphatic rings. The number of nitrogens with zero attached hydrogens (tertiary/aromatic N) is 4. The fourth-order valence-electron chi connectivity index (χ4n) is 3.27. The van der Waals surface area contributed by atoms with Crippen molar-refractivity contribution in [2.75, 3.05) is 6.54 Å². The van der Waals surface area contributed by atoms with E-state index < -0.39 is 0 Å². The van der Waals surface area contributed by atoms with Gasteiger partial charge in [0.15, 0.2) is 11.5 Å². The lowest BCUT2D eigenvalue weighted by Crippen LogP contribution is -2.26. The largest absolute Gasteiger partial charge is 0.474 e. The minimum absolute atomic E-state index is 0.0174. The molecular weight excluding hydrogens is 368 g/mol. The molecule has 4 aromatic rings. The van der Waals surface area contributed by atoms with Crippen LogP contribution in [0, 0.1) is 0 Å². The monoisotopic (exact) mass is 392 g/mol. The first kappa shape index (κ1) is 18.9. The number of nitrogens with one attached hydrogen (secondary N) is 2. The van der Waals surface area contributed by atoms with Crippen LogP contribution in [-0.4, -0.2) is 43.4 Å². The fraction of sp³-hybridized carbons (Fsp3) is 0.333. The average Bonchev–Trinajstić information content (AvgIpc) is 3.30. The Morgan fingerprint density at radius 3 is 2.90 bits per heavy atom. The van der Waals surface area contributed by atoms with Crippen LogP contribution < -0.4 is 10.1 Å². The van der Waals surface area contributed by atoms with Gasteiger partial charge in [-0.15, -0.1) is 15.3 Å². The van der Waals surface area contributed by atoms with Crippen molar-refractivity contribution in [3.8, 4) is 5.88 Å². The Kier molecular flexibility index (Phi) is 5.41. The first-order chi connectivity index (χ1) is 14.1. The molecule has 0 aliphatic carbocycles. The summed E-state index contributed by atoms with van der Waals surface area (Å²) in [6.45, 7) is 4.48. The van der Waals surface area contributed by atoms with Crippen molar-refractivity contribution in [3.05, 3.63) is 54.0 Å². The predicted molar refractivity (Wildman–Crippen MR) is 110 cm³/mol. The Morgan fingerprint density at radius 2 is 2.03 bits per heavy atom. The summed E-state index contributed by atoms with van der Waals surface area (Å²) in [4.78, 5) is 15.5. The number of aryl methyl sites for hydroxylation is 1. The van der Waals surface area contributed by atoms with Gasteiger partial charge in [0.1, 0.15) is 0 Å². The lowest BCUT2D eigenvalue weighted by atomic mass is 10.1. The van der Waals surface area contributed by atoms with Crippen LogP contribution >= 0.6 is 0 Å². The van der Waals surface area contributed by atoms with Gasteiger partial charge in [0.25, 0.3) is 0 Å². The number of amides is 1. The molecule has 3 heterocycles. The van der Waals surface area contributed by atoms with Gasteiger partial charge in [-0.1, -0.05) is 18.2 Å². The predicted octanol–water partition coefficient (Wildman–Crippen LogP) is 2.68. The van der Waals surface area contributed by atoms with Crippen LogP contribution in [0.2, 0.25) is 0 Å². The van der Waals surface area contributed by atoms with Crippen LogP contribution in [0.15, 0.2) is 42.6 Å². The summed E-state index contributed by atoms with van der Waals surface area (Å²) in [5, 5.41) is 16.8. The van der Waals surface area contributed by atoms with Gasteiger partial charge in [-0.25, -0.2) is 0 Å². The molecule has 0 spiro atoms. The summed E-state index contributed by atoms with van der Waals surface area (Å²) in [5.74, 6) is 1.13. The molecule has 0 bridgehead atoms. The van der Waals surface area contributed by atoms with Crippen LogP contribution in [-0.2, 0) is 17.6 Å². The number of ether oxygens (including phenoxy) is 1. The zero-order valence-corrected chi connectivity index (χ0v) is 16.6. The number of fused-ring (bicyclic) bond motifs is 2. The van der Waals surface area contributed by atoms with Crippen LogP contribution in [0.25, 0.3) is 16.6 Å². The molecule has 0 fully saturated rings. The van der Waals surface area contributed by atoms with E-state index in [1.165, 1.54) is 10.9 Å². The van der Waals surface area contributed by atoms with E-state index in [0.717, 1.165) is 11.9 Å². The average molecular weight is 392 g/mol. The van der Waals surface area contributed by atoms with Gasteiger partial charge in [-0.2, -0.15) is 4.52 Å². The molecular formula is C21H24N6O2. The number of hydrogen-bond acceptors (Lipinski definition) is 5. The smallest absolute Gasteiger partial charge is 0.232 e. The molecule has 3 aromatic heterocycles. The highest BCUT2D eigenvalue weighted by Gasteiger charge is 2.11. The molecule has 8 nitrogen and oxygen atoms in total. The maximum Gasteiger partial charge on any atom is 0.232 e. The standard InChI is InChI=1S/C21H24N6O2/c1-14(2)29-21-10-8-19-25-24-18(27(19)26-21)7-9-20(28)22-12-11-15-13-23-17-6-4-3-5-16(15)17/h3-6,8,10,13-14,23H,7,9,11-12H2,1-2H3,(H,22,28). The highest BCUT2D eigenvalue weighted by molar-refractivity contribution is 5.83. The quantitative estimate of drug-likeness (QED) is 0.480. The highest BCUT2D eigenvalue weighted by Crippen LogP contribution is 2.17. The molecule has 1 aromatic carbocycles. The SMILES string of the molecule is CC(C)Oc1ccc2nnc(CCC(=O)NCCc3c[nH]c4ccccc34)n2n1. The number of para-hydroxylation sites is 1. The number of hydrogen-bond donors (Lipinski definition) is 2. The number of aromatic nitrogens is 5. The second-order valence-electron chi connectivity index (χ2n) is 7.18. The Labute approximate surface area is 168 Å². The number of carbonyl (C=O) groups excluding carboxylic acids is 1. The van der Waals surface area contributed by atoms with E-state index >= 15 is 0 Å². The molecule has 0 radical (unpaired) electrons. The number of rotatable bonds is 8. The van der Waals surface area contributed by atoms with Gasteiger partial charge in [-0.3, -0.25) is 4.79 Å². The molecule has 150 valence electrons. The van der Waals surface area contributed by atoms with E-state index in [2.05, 4.69) is 31.7 Å². The van der Waals surface area contributed by atoms with Crippen LogP contribution in [0.1, 0.15) is 31.7 Å². The molecule has 4 rings (SSSR count). The van der Waals surface area contributed by atoms with E-state index in [0.29, 0.717) is 36.7 Å². The Morgan fingerprint density at radius 1 is 1.17 bits per heavy atom. The third-order valence-corrected chi connectivity index (χ3v) is 4.63. The maximum atomic E-state index is 12.3. The first-order valence-corrected chi connectivity index (χ1v) is 9.80. The molecule has 2 N–H and O–H groups in total. The zero-order chi connectivity index (χ0) is 20.2. The summed E-state index contributed by atoms with van der Waals surface area (Å²) in [6, 6.07) is 11.7. The van der Waals surface area contributed by atoms with Crippen molar-refractivity contribution in [3.63, 3.8) is 0 Å². The lowest BCUT2D eigenvalue weighted by Gasteiger charge is -2.08. The van der Waals surface area contributed by atoms with Gasteiger partial charge in [0, 0.05) is 42.6 Å². The Balaban J connectivity index is 1.31. The van der Waals surface area contributed by atoms with Crippen molar-refractivity contribution in [1.29, 1.82) is 0 Å². The van der Waals surface area contributed by atoms with Crippen LogP contribution in [0.4, 0.5) is 0 Å². The zero-order valence-electron chi connectivity index (χ0n) is 16.6. The third kappa shape index (κ3) is 4.37. The minimum Gasteiger partial charge on any atom is -0.474 e. The second kappa shape index (κ2) is 8.30. The third-order valence-electron chi connectivity index (χ3n) is 4.63. The number of aromatic amines is 1. The van der Waals surface area contributed by atoms with Crippen molar-refractivity contribution in [2.24, 2.45) is 0 Å². The first-order valence-electron chi connectivity index (χ1n) is 9.80. The Hall–Kier alpha value is -3.42. The molecule has 0 saturated carbocycles. The summed E-state index contributed by atoms with van der Waals surface area (Å²) in [6.07, 6.45) is 3.59. The highest BCUT2D eigenvalue weighted by atomic mass is 16.5. The maximum absolute atomic E-state index is 12.3. The fourth-order valence-corrected chi connectivity index (χ4v) is 3.27. The van der Waals surface area contributed by atoms with Gasteiger partial charge in [0.2, 0.25) is 11.8 Å². The van der Waals surface area contributed by atoms with E-state index in [-0.39, 0.29) is 12.0 Å². The summed E-state index contributed by atoms with van der Waals surface area (Å²) >= 11 is 0. The van der Waals surface area contributed by atoms with Gasteiger partial charge < -0.3 is 15.0 Å². The van der Waals surface area contributed by atoms with Gasteiger partial charge >= 0.3 is 0 Å². The van der Waals surface area contributed by atoms with Gasteiger partial charge in [-0.05, 0) is 38.0 Å². The minimum atomic E-state index is -0.0174. The summed E-state index contributed by atoms with van der Waals surface area (Å²) in [7, 11) is 0. The molecule has 0 saturated heterocycles. The molecule has 0 unspecified atom stereocenters. The van der Waals surface area contributed by atoms with Crippen molar-refractivity contribution < 1.29 is 9.53 Å². The van der Waals surface area contributed by atoms with Crippen LogP contribution in [0.3, 0.4) is 0 Å². The van der Waals surface area contributed by atoms with Crippen molar-refractivity contribution in [2.45, 2.75) is 39.2 Å². The normalized spacial score (nSPS) is 11.4. The number of H-pyrrole nitrogens is 1. The molecule has 29 heavy (non-hydrogen) atoms. The van der Waals surface area contributed by atoms with Gasteiger partial charge in [0.05, 0.1) is 6.10 Å². The number of carbonyl (C=O) groups is 1. The van der Waals surface area contributed by atoms with E-state index in [1.807, 2.05) is 44.3 Å². The molecule has 8 heteroatoms. The van der Waals surface area contributed by atoms with Crippen LogP contribution in [0.5, 0.6) is 5.88 Å². The second-order valence-corrected chi connectivity index (χ2v) is 7.18. The Bertz CT molecular complexity index is 1130. The molecule has 0 aliphatic heterocycles. The summed E-state index contributed by atoms with van der Waals surface area (Å²) < 4.78 is 7.26. The number of benzene rings is 1. The topological polar surface area (TPSA) is 97.2 Å².